The number of carboxylic acid groups (broad SMARTS) is 1. The molecular formula is C12H16O5. The van der Waals surface area contributed by atoms with E-state index in [1.165, 1.54) is 14.2 Å². The topological polar surface area (TPSA) is 65.0 Å². The molecule has 0 spiro atoms. The molecule has 0 amide bonds. The molecule has 0 radical (unpaired) electrons. The lowest BCUT2D eigenvalue weighted by Crippen LogP contribution is -2.18. The van der Waals surface area contributed by atoms with Crippen LogP contribution in [0.3, 0.4) is 0 Å². The quantitative estimate of drug-likeness (QED) is 0.821. The molecule has 0 saturated carbocycles. The molecule has 0 aliphatic heterocycles. The highest BCUT2D eigenvalue weighted by Crippen LogP contribution is 2.36. The fraction of sp³-hybridized carbons (Fsp3) is 0.417. The van der Waals surface area contributed by atoms with Crippen molar-refractivity contribution in [2.75, 3.05) is 20.8 Å². The predicted octanol–water partition coefficient (Wildman–Crippen LogP) is 1.80. The van der Waals surface area contributed by atoms with Gasteiger partial charge in [0.1, 0.15) is 6.61 Å². The van der Waals surface area contributed by atoms with Crippen molar-refractivity contribution in [2.24, 2.45) is 5.92 Å². The number of methoxy groups -OCH3 is 2. The maximum absolute atomic E-state index is 10.7. The van der Waals surface area contributed by atoms with Gasteiger partial charge in [-0.2, -0.15) is 0 Å². The number of hydrogen-bond acceptors (Lipinski definition) is 4. The molecule has 1 N–H and O–H groups in total. The van der Waals surface area contributed by atoms with Crippen LogP contribution in [0.1, 0.15) is 6.92 Å². The molecule has 1 rings (SSSR count). The van der Waals surface area contributed by atoms with E-state index in [9.17, 15) is 4.79 Å². The van der Waals surface area contributed by atoms with Gasteiger partial charge in [0.2, 0.25) is 5.75 Å². The van der Waals surface area contributed by atoms with Crippen molar-refractivity contribution in [1.82, 2.24) is 0 Å². The average molecular weight is 240 g/mol. The lowest BCUT2D eigenvalue weighted by Gasteiger charge is -2.15. The number of aliphatic carboxylic acids is 1. The smallest absolute Gasteiger partial charge is 0.309 e. The van der Waals surface area contributed by atoms with E-state index in [2.05, 4.69) is 0 Å². The van der Waals surface area contributed by atoms with E-state index in [1.54, 1.807) is 25.1 Å². The number of para-hydroxylation sites is 1. The molecule has 0 bridgehead atoms. The standard InChI is InChI=1S/C12H16O5/c1-8(12(13)14)7-17-11-9(15-2)5-4-6-10(11)16-3/h4-6,8H,7H2,1-3H3,(H,13,14). The zero-order chi connectivity index (χ0) is 12.8. The van der Waals surface area contributed by atoms with Gasteiger partial charge < -0.3 is 19.3 Å². The van der Waals surface area contributed by atoms with Crippen molar-refractivity contribution >= 4 is 5.97 Å². The molecule has 0 saturated heterocycles. The summed E-state index contributed by atoms with van der Waals surface area (Å²) in [6, 6.07) is 5.22. The number of carboxylic acids is 1. The van der Waals surface area contributed by atoms with Crippen LogP contribution in [0.5, 0.6) is 17.2 Å². The van der Waals surface area contributed by atoms with Crippen LogP contribution in [0.15, 0.2) is 18.2 Å². The maximum atomic E-state index is 10.7. The first-order valence-electron chi connectivity index (χ1n) is 5.16. The van der Waals surface area contributed by atoms with Gasteiger partial charge in [-0.3, -0.25) is 4.79 Å². The summed E-state index contributed by atoms with van der Waals surface area (Å²) in [5.74, 6) is -0.0436. The Morgan fingerprint density at radius 3 is 2.24 bits per heavy atom. The maximum Gasteiger partial charge on any atom is 0.309 e. The van der Waals surface area contributed by atoms with Crippen LogP contribution >= 0.6 is 0 Å². The van der Waals surface area contributed by atoms with Gasteiger partial charge in [0, 0.05) is 0 Å². The van der Waals surface area contributed by atoms with Gasteiger partial charge in [0.15, 0.2) is 11.5 Å². The monoisotopic (exact) mass is 240 g/mol. The third kappa shape index (κ3) is 3.27. The molecule has 0 aromatic heterocycles. The number of ether oxygens (including phenoxy) is 3. The molecule has 94 valence electrons. The van der Waals surface area contributed by atoms with Gasteiger partial charge in [-0.25, -0.2) is 0 Å². The van der Waals surface area contributed by atoms with Crippen LogP contribution < -0.4 is 14.2 Å². The summed E-state index contributed by atoms with van der Waals surface area (Å²) in [6.07, 6.45) is 0. The van der Waals surface area contributed by atoms with Gasteiger partial charge in [0.25, 0.3) is 0 Å². The summed E-state index contributed by atoms with van der Waals surface area (Å²) in [5, 5.41) is 8.77. The molecule has 1 aromatic rings. The van der Waals surface area contributed by atoms with E-state index in [4.69, 9.17) is 19.3 Å². The Hall–Kier alpha value is -1.91. The number of benzene rings is 1. The van der Waals surface area contributed by atoms with Gasteiger partial charge in [-0.1, -0.05) is 6.07 Å². The zero-order valence-corrected chi connectivity index (χ0v) is 10.1. The lowest BCUT2D eigenvalue weighted by molar-refractivity contribution is -0.142. The average Bonchev–Trinajstić information content (AvgIpc) is 2.34. The second kappa shape index (κ2) is 5.98. The second-order valence-electron chi connectivity index (χ2n) is 3.54. The Kier molecular flexibility index (Phi) is 4.63. The molecular weight excluding hydrogens is 224 g/mol. The van der Waals surface area contributed by atoms with E-state index in [-0.39, 0.29) is 6.61 Å². The molecule has 0 fully saturated rings. The number of carbonyl (C=O) groups is 1. The van der Waals surface area contributed by atoms with Crippen molar-refractivity contribution in [3.63, 3.8) is 0 Å². The fourth-order valence-electron chi connectivity index (χ4n) is 1.24. The predicted molar refractivity (Wildman–Crippen MR) is 61.8 cm³/mol. The Morgan fingerprint density at radius 2 is 1.82 bits per heavy atom. The second-order valence-corrected chi connectivity index (χ2v) is 3.54. The third-order valence-corrected chi connectivity index (χ3v) is 2.28. The van der Waals surface area contributed by atoms with E-state index in [0.29, 0.717) is 17.2 Å². The summed E-state index contributed by atoms with van der Waals surface area (Å²) in [7, 11) is 3.03. The van der Waals surface area contributed by atoms with Crippen LogP contribution in [0, 0.1) is 5.92 Å². The van der Waals surface area contributed by atoms with E-state index >= 15 is 0 Å². The van der Waals surface area contributed by atoms with Crippen LogP contribution in [0.4, 0.5) is 0 Å². The minimum Gasteiger partial charge on any atom is -0.493 e. The molecule has 1 aromatic carbocycles. The molecule has 0 heterocycles. The fourth-order valence-corrected chi connectivity index (χ4v) is 1.24. The summed E-state index contributed by atoms with van der Waals surface area (Å²) in [5.41, 5.74) is 0. The first-order chi connectivity index (χ1) is 8.10. The molecule has 17 heavy (non-hydrogen) atoms. The van der Waals surface area contributed by atoms with Crippen molar-refractivity contribution < 1.29 is 24.1 Å². The van der Waals surface area contributed by atoms with Crippen molar-refractivity contribution in [2.45, 2.75) is 6.92 Å². The third-order valence-electron chi connectivity index (χ3n) is 2.28. The number of hydrogen-bond donors (Lipinski definition) is 1. The Labute approximate surface area is 99.9 Å². The highest BCUT2D eigenvalue weighted by molar-refractivity contribution is 5.69. The first kappa shape index (κ1) is 13.2. The summed E-state index contributed by atoms with van der Waals surface area (Å²) >= 11 is 0. The molecule has 5 nitrogen and oxygen atoms in total. The largest absolute Gasteiger partial charge is 0.493 e. The Bertz CT molecular complexity index is 366. The van der Waals surface area contributed by atoms with E-state index in [1.807, 2.05) is 0 Å². The van der Waals surface area contributed by atoms with Crippen LogP contribution in [-0.4, -0.2) is 31.9 Å². The Morgan fingerprint density at radius 1 is 1.29 bits per heavy atom. The highest BCUT2D eigenvalue weighted by atomic mass is 16.5. The molecule has 0 aliphatic rings. The van der Waals surface area contributed by atoms with E-state index in [0.717, 1.165) is 0 Å². The minimum absolute atomic E-state index is 0.0616. The van der Waals surface area contributed by atoms with Crippen molar-refractivity contribution in [1.29, 1.82) is 0 Å². The van der Waals surface area contributed by atoms with Crippen LogP contribution in [0.2, 0.25) is 0 Å². The number of rotatable bonds is 6. The van der Waals surface area contributed by atoms with E-state index < -0.39 is 11.9 Å². The molecule has 1 atom stereocenters. The lowest BCUT2D eigenvalue weighted by atomic mass is 10.2. The van der Waals surface area contributed by atoms with Crippen molar-refractivity contribution in [3.05, 3.63) is 18.2 Å². The summed E-state index contributed by atoms with van der Waals surface area (Å²) in [6.45, 7) is 1.64. The van der Waals surface area contributed by atoms with Crippen molar-refractivity contribution in [3.8, 4) is 17.2 Å². The van der Waals surface area contributed by atoms with Gasteiger partial charge in [-0.05, 0) is 19.1 Å². The van der Waals surface area contributed by atoms with Gasteiger partial charge in [-0.15, -0.1) is 0 Å². The molecule has 1 unspecified atom stereocenters. The zero-order valence-electron chi connectivity index (χ0n) is 10.1. The highest BCUT2D eigenvalue weighted by Gasteiger charge is 2.16. The molecule has 0 aliphatic carbocycles. The van der Waals surface area contributed by atoms with Crippen LogP contribution in [0.25, 0.3) is 0 Å². The minimum atomic E-state index is -0.904. The van der Waals surface area contributed by atoms with Gasteiger partial charge >= 0.3 is 5.97 Å². The molecule has 5 heteroatoms. The normalized spacial score (nSPS) is 11.7. The van der Waals surface area contributed by atoms with Crippen LogP contribution in [-0.2, 0) is 4.79 Å². The SMILES string of the molecule is COc1cccc(OC)c1OCC(C)C(=O)O. The summed E-state index contributed by atoms with van der Waals surface area (Å²) < 4.78 is 15.7. The first-order valence-corrected chi connectivity index (χ1v) is 5.16. The van der Waals surface area contributed by atoms with Gasteiger partial charge in [0.05, 0.1) is 20.1 Å². The Balaban J connectivity index is 2.84. The summed E-state index contributed by atoms with van der Waals surface area (Å²) in [4.78, 5) is 10.7.